The average molecular weight is 198 g/mol. The van der Waals surface area contributed by atoms with Crippen LogP contribution < -0.4 is 5.73 Å². The SMILES string of the molecule is CN(CC1CCCO1)C1CCCC1N. The fraction of sp³-hybridized carbons (Fsp3) is 1.00. The Balaban J connectivity index is 1.78. The zero-order valence-electron chi connectivity index (χ0n) is 9.11. The van der Waals surface area contributed by atoms with Gasteiger partial charge in [0.15, 0.2) is 0 Å². The molecule has 3 atom stereocenters. The summed E-state index contributed by atoms with van der Waals surface area (Å²) in [5.41, 5.74) is 6.07. The fourth-order valence-corrected chi connectivity index (χ4v) is 2.76. The van der Waals surface area contributed by atoms with Crippen molar-refractivity contribution in [2.24, 2.45) is 5.73 Å². The van der Waals surface area contributed by atoms with Gasteiger partial charge in [0.05, 0.1) is 6.10 Å². The van der Waals surface area contributed by atoms with Crippen molar-refractivity contribution in [2.45, 2.75) is 50.3 Å². The summed E-state index contributed by atoms with van der Waals surface area (Å²) < 4.78 is 5.64. The van der Waals surface area contributed by atoms with Gasteiger partial charge in [-0.25, -0.2) is 0 Å². The Morgan fingerprint density at radius 1 is 1.29 bits per heavy atom. The molecule has 0 aromatic carbocycles. The van der Waals surface area contributed by atoms with Crippen LogP contribution in [0.1, 0.15) is 32.1 Å². The molecule has 1 saturated carbocycles. The first-order valence-corrected chi connectivity index (χ1v) is 5.85. The third kappa shape index (κ3) is 2.27. The molecule has 2 aliphatic rings. The third-order valence-electron chi connectivity index (χ3n) is 3.61. The van der Waals surface area contributed by atoms with Crippen LogP contribution in [-0.2, 0) is 4.74 Å². The minimum Gasteiger partial charge on any atom is -0.377 e. The van der Waals surface area contributed by atoms with Gasteiger partial charge in [-0.05, 0) is 32.7 Å². The van der Waals surface area contributed by atoms with E-state index in [-0.39, 0.29) is 0 Å². The molecule has 3 unspecified atom stereocenters. The van der Waals surface area contributed by atoms with Crippen LogP contribution in [0.4, 0.5) is 0 Å². The van der Waals surface area contributed by atoms with E-state index in [1.165, 1.54) is 32.1 Å². The number of hydrogen-bond acceptors (Lipinski definition) is 3. The quantitative estimate of drug-likeness (QED) is 0.734. The summed E-state index contributed by atoms with van der Waals surface area (Å²) in [6.07, 6.45) is 6.68. The lowest BCUT2D eigenvalue weighted by molar-refractivity contribution is 0.0665. The Morgan fingerprint density at radius 2 is 2.14 bits per heavy atom. The summed E-state index contributed by atoms with van der Waals surface area (Å²) in [5.74, 6) is 0. The number of likely N-dealkylation sites (N-methyl/N-ethyl adjacent to an activating group) is 1. The van der Waals surface area contributed by atoms with E-state index in [0.29, 0.717) is 18.2 Å². The van der Waals surface area contributed by atoms with Crippen LogP contribution in [-0.4, -0.2) is 43.3 Å². The molecular formula is C11H22N2O. The van der Waals surface area contributed by atoms with Crippen molar-refractivity contribution in [3.8, 4) is 0 Å². The Morgan fingerprint density at radius 3 is 2.71 bits per heavy atom. The Hall–Kier alpha value is -0.120. The first-order valence-electron chi connectivity index (χ1n) is 5.85. The maximum Gasteiger partial charge on any atom is 0.0702 e. The lowest BCUT2D eigenvalue weighted by atomic mass is 10.1. The maximum absolute atomic E-state index is 6.07. The number of nitrogens with two attached hydrogens (primary N) is 1. The van der Waals surface area contributed by atoms with Gasteiger partial charge in [-0.2, -0.15) is 0 Å². The molecule has 2 N–H and O–H groups in total. The first-order chi connectivity index (χ1) is 6.77. The molecule has 3 heteroatoms. The molecule has 82 valence electrons. The molecule has 0 amide bonds. The molecule has 2 fully saturated rings. The van der Waals surface area contributed by atoms with Crippen molar-refractivity contribution in [2.75, 3.05) is 20.2 Å². The van der Waals surface area contributed by atoms with Gasteiger partial charge in [-0.15, -0.1) is 0 Å². The molecular weight excluding hydrogens is 176 g/mol. The molecule has 1 heterocycles. The molecule has 0 radical (unpaired) electrons. The fourth-order valence-electron chi connectivity index (χ4n) is 2.76. The largest absolute Gasteiger partial charge is 0.377 e. The second kappa shape index (κ2) is 4.60. The van der Waals surface area contributed by atoms with E-state index in [4.69, 9.17) is 10.5 Å². The van der Waals surface area contributed by atoms with Gasteiger partial charge in [0.25, 0.3) is 0 Å². The van der Waals surface area contributed by atoms with E-state index in [2.05, 4.69) is 11.9 Å². The van der Waals surface area contributed by atoms with Crippen molar-refractivity contribution >= 4 is 0 Å². The summed E-state index contributed by atoms with van der Waals surface area (Å²) in [4.78, 5) is 2.41. The molecule has 1 aliphatic heterocycles. The predicted octanol–water partition coefficient (Wildman–Crippen LogP) is 0.977. The highest BCUT2D eigenvalue weighted by Crippen LogP contribution is 2.23. The van der Waals surface area contributed by atoms with Gasteiger partial charge >= 0.3 is 0 Å². The summed E-state index contributed by atoms with van der Waals surface area (Å²) in [6, 6.07) is 0.987. The van der Waals surface area contributed by atoms with E-state index in [0.717, 1.165) is 13.2 Å². The second-order valence-corrected chi connectivity index (χ2v) is 4.74. The number of rotatable bonds is 3. The van der Waals surface area contributed by atoms with Gasteiger partial charge in [0.2, 0.25) is 0 Å². The lowest BCUT2D eigenvalue weighted by Gasteiger charge is -2.29. The van der Waals surface area contributed by atoms with Crippen LogP contribution in [0.25, 0.3) is 0 Å². The van der Waals surface area contributed by atoms with Crippen molar-refractivity contribution in [1.29, 1.82) is 0 Å². The monoisotopic (exact) mass is 198 g/mol. The molecule has 1 saturated heterocycles. The average Bonchev–Trinajstić information content (AvgIpc) is 2.75. The highest BCUT2D eigenvalue weighted by atomic mass is 16.5. The Labute approximate surface area is 86.6 Å². The van der Waals surface area contributed by atoms with Gasteiger partial charge in [0.1, 0.15) is 0 Å². The molecule has 0 aromatic heterocycles. The molecule has 0 aromatic rings. The Bertz CT molecular complexity index is 180. The van der Waals surface area contributed by atoms with E-state index >= 15 is 0 Å². The second-order valence-electron chi connectivity index (χ2n) is 4.74. The maximum atomic E-state index is 6.07. The number of hydrogen-bond donors (Lipinski definition) is 1. The number of ether oxygens (including phenoxy) is 1. The van der Waals surface area contributed by atoms with Crippen LogP contribution in [0.3, 0.4) is 0 Å². The van der Waals surface area contributed by atoms with E-state index in [9.17, 15) is 0 Å². The summed E-state index contributed by atoms with van der Waals surface area (Å²) in [7, 11) is 2.19. The molecule has 0 spiro atoms. The van der Waals surface area contributed by atoms with Crippen molar-refractivity contribution in [1.82, 2.24) is 4.90 Å². The topological polar surface area (TPSA) is 38.5 Å². The van der Waals surface area contributed by atoms with Crippen LogP contribution in [0.2, 0.25) is 0 Å². The first kappa shape index (κ1) is 10.4. The summed E-state index contributed by atoms with van der Waals surface area (Å²) in [5, 5.41) is 0. The van der Waals surface area contributed by atoms with Gasteiger partial charge < -0.3 is 10.5 Å². The molecule has 0 bridgehead atoms. The van der Waals surface area contributed by atoms with E-state index < -0.39 is 0 Å². The number of nitrogens with zero attached hydrogens (tertiary/aromatic N) is 1. The zero-order chi connectivity index (χ0) is 9.97. The van der Waals surface area contributed by atoms with Crippen molar-refractivity contribution < 1.29 is 4.74 Å². The molecule has 14 heavy (non-hydrogen) atoms. The highest BCUT2D eigenvalue weighted by Gasteiger charge is 2.29. The lowest BCUT2D eigenvalue weighted by Crippen LogP contribution is -2.45. The minimum atomic E-state index is 0.390. The minimum absolute atomic E-state index is 0.390. The molecule has 3 nitrogen and oxygen atoms in total. The van der Waals surface area contributed by atoms with Gasteiger partial charge in [0, 0.05) is 25.2 Å². The zero-order valence-corrected chi connectivity index (χ0v) is 9.11. The van der Waals surface area contributed by atoms with Crippen LogP contribution in [0, 0.1) is 0 Å². The van der Waals surface area contributed by atoms with Gasteiger partial charge in [-0.1, -0.05) is 6.42 Å². The van der Waals surface area contributed by atoms with Crippen LogP contribution in [0.5, 0.6) is 0 Å². The van der Waals surface area contributed by atoms with Crippen molar-refractivity contribution in [3.05, 3.63) is 0 Å². The van der Waals surface area contributed by atoms with E-state index in [1.807, 2.05) is 0 Å². The molecule has 2 rings (SSSR count). The smallest absolute Gasteiger partial charge is 0.0702 e. The van der Waals surface area contributed by atoms with Crippen molar-refractivity contribution in [3.63, 3.8) is 0 Å². The third-order valence-corrected chi connectivity index (χ3v) is 3.61. The summed E-state index contributed by atoms with van der Waals surface area (Å²) in [6.45, 7) is 2.02. The van der Waals surface area contributed by atoms with Crippen LogP contribution >= 0.6 is 0 Å². The standard InChI is InChI=1S/C11H22N2O/c1-13(8-9-4-3-7-14-9)11-6-2-5-10(11)12/h9-11H,2-8,12H2,1H3. The van der Waals surface area contributed by atoms with Crippen LogP contribution in [0.15, 0.2) is 0 Å². The molecule has 1 aliphatic carbocycles. The summed E-state index contributed by atoms with van der Waals surface area (Å²) >= 11 is 0. The highest BCUT2D eigenvalue weighted by molar-refractivity contribution is 4.87. The Kier molecular flexibility index (Phi) is 3.42. The normalized spacial score (nSPS) is 38.4. The predicted molar refractivity (Wildman–Crippen MR) is 57.2 cm³/mol. The van der Waals surface area contributed by atoms with E-state index in [1.54, 1.807) is 0 Å². The van der Waals surface area contributed by atoms with Gasteiger partial charge in [-0.3, -0.25) is 4.90 Å².